The Hall–Kier alpha value is -3.70. The number of nitrogens with zero attached hydrogens (tertiary/aromatic N) is 2. The van der Waals surface area contributed by atoms with E-state index in [4.69, 9.17) is 0 Å². The number of allylic oxidation sites excluding steroid dienone is 1. The maximum Gasteiger partial charge on any atom is 0.254 e. The van der Waals surface area contributed by atoms with Gasteiger partial charge >= 0.3 is 0 Å². The second kappa shape index (κ2) is 10.8. The molecule has 0 aromatic heterocycles. The molecule has 0 atom stereocenters. The molecule has 1 N–H and O–H groups in total. The molecular weight excluding hydrogens is 482 g/mol. The standard InChI is InChI=1S/C34H37N3O2/c1-2-20-35-33(39)34(30-15-7-5-13-28(30)29-14-6-8-16-31(29)34)19-9-10-21-36-22-17-26(18-23-36)37-24-25-11-3-4-12-27(25)32(37)38/h3-16,26H,2,17-24H2,1H3,(H,35,39)/b10-9+. The highest BCUT2D eigenvalue weighted by molar-refractivity contribution is 6.01. The Morgan fingerprint density at radius 2 is 1.51 bits per heavy atom. The van der Waals surface area contributed by atoms with Crippen molar-refractivity contribution >= 4 is 11.8 Å². The number of carbonyl (C=O) groups is 2. The summed E-state index contributed by atoms with van der Waals surface area (Å²) in [4.78, 5) is 31.3. The van der Waals surface area contributed by atoms with Crippen LogP contribution in [0.4, 0.5) is 0 Å². The Bertz CT molecular complexity index is 1360. The van der Waals surface area contributed by atoms with Crippen molar-refractivity contribution in [3.63, 3.8) is 0 Å². The number of hydrogen-bond acceptors (Lipinski definition) is 3. The van der Waals surface area contributed by atoms with Crippen molar-refractivity contribution in [2.75, 3.05) is 26.2 Å². The topological polar surface area (TPSA) is 52.7 Å². The predicted molar refractivity (Wildman–Crippen MR) is 155 cm³/mol. The molecule has 1 fully saturated rings. The molecular formula is C34H37N3O2. The average Bonchev–Trinajstić information content (AvgIpc) is 3.47. The third-order valence-corrected chi connectivity index (χ3v) is 8.79. The summed E-state index contributed by atoms with van der Waals surface area (Å²) in [6.07, 6.45) is 7.97. The van der Waals surface area contributed by atoms with Crippen LogP contribution in [0.5, 0.6) is 0 Å². The molecule has 3 aliphatic rings. The Morgan fingerprint density at radius 1 is 0.897 bits per heavy atom. The summed E-state index contributed by atoms with van der Waals surface area (Å²) < 4.78 is 0. The van der Waals surface area contributed by atoms with Crippen molar-refractivity contribution in [3.8, 4) is 11.1 Å². The molecule has 200 valence electrons. The lowest BCUT2D eigenvalue weighted by molar-refractivity contribution is -0.125. The summed E-state index contributed by atoms with van der Waals surface area (Å²) >= 11 is 0. The van der Waals surface area contributed by atoms with Gasteiger partial charge in [-0.2, -0.15) is 0 Å². The number of piperidine rings is 1. The van der Waals surface area contributed by atoms with Gasteiger partial charge in [0.1, 0.15) is 5.41 Å². The molecule has 0 unspecified atom stereocenters. The van der Waals surface area contributed by atoms with Crippen molar-refractivity contribution in [2.24, 2.45) is 0 Å². The van der Waals surface area contributed by atoms with Crippen LogP contribution in [0.3, 0.4) is 0 Å². The van der Waals surface area contributed by atoms with Crippen molar-refractivity contribution < 1.29 is 9.59 Å². The van der Waals surface area contributed by atoms with E-state index in [1.165, 1.54) is 0 Å². The van der Waals surface area contributed by atoms with Gasteiger partial charge in [0.05, 0.1) is 0 Å². The second-order valence-electron chi connectivity index (χ2n) is 11.0. The first-order valence-corrected chi connectivity index (χ1v) is 14.4. The molecule has 1 aliphatic carbocycles. The minimum absolute atomic E-state index is 0.0866. The van der Waals surface area contributed by atoms with E-state index < -0.39 is 5.41 Å². The lowest BCUT2D eigenvalue weighted by atomic mass is 9.74. The Balaban J connectivity index is 1.13. The van der Waals surface area contributed by atoms with Gasteiger partial charge in [-0.05, 0) is 59.6 Å². The van der Waals surface area contributed by atoms with Crippen molar-refractivity contribution in [2.45, 2.75) is 50.6 Å². The van der Waals surface area contributed by atoms with E-state index in [2.05, 4.69) is 76.7 Å². The Kier molecular flexibility index (Phi) is 7.09. The van der Waals surface area contributed by atoms with Crippen LogP contribution in [0.2, 0.25) is 0 Å². The predicted octanol–water partition coefficient (Wildman–Crippen LogP) is 5.55. The van der Waals surface area contributed by atoms with Crippen LogP contribution in [-0.2, 0) is 16.8 Å². The van der Waals surface area contributed by atoms with E-state index in [-0.39, 0.29) is 11.8 Å². The number of hydrogen-bond donors (Lipinski definition) is 1. The van der Waals surface area contributed by atoms with Crippen LogP contribution in [0.25, 0.3) is 11.1 Å². The van der Waals surface area contributed by atoms with E-state index in [1.807, 2.05) is 30.3 Å². The molecule has 0 bridgehead atoms. The molecule has 5 nitrogen and oxygen atoms in total. The SMILES string of the molecule is CCCNC(=O)C1(C/C=C/CN2CCC(N3Cc4ccccc4C3=O)CC2)c2ccccc2-c2ccccc21. The van der Waals surface area contributed by atoms with Gasteiger partial charge in [0.15, 0.2) is 0 Å². The molecule has 6 rings (SSSR count). The second-order valence-corrected chi connectivity index (χ2v) is 11.0. The molecule has 2 heterocycles. The van der Waals surface area contributed by atoms with E-state index in [1.54, 1.807) is 0 Å². The van der Waals surface area contributed by atoms with E-state index in [0.717, 1.165) is 78.8 Å². The minimum Gasteiger partial charge on any atom is -0.355 e. The Morgan fingerprint density at radius 3 is 2.15 bits per heavy atom. The molecule has 39 heavy (non-hydrogen) atoms. The van der Waals surface area contributed by atoms with Crippen LogP contribution >= 0.6 is 0 Å². The first kappa shape index (κ1) is 25.6. The summed E-state index contributed by atoms with van der Waals surface area (Å²) in [5.41, 5.74) is 5.83. The monoisotopic (exact) mass is 519 g/mol. The molecule has 5 heteroatoms. The number of benzene rings is 3. The van der Waals surface area contributed by atoms with Gasteiger partial charge in [0, 0.05) is 44.3 Å². The zero-order valence-electron chi connectivity index (χ0n) is 22.7. The summed E-state index contributed by atoms with van der Waals surface area (Å²) in [5.74, 6) is 0.274. The first-order chi connectivity index (χ1) is 19.1. The highest BCUT2D eigenvalue weighted by Crippen LogP contribution is 2.51. The fourth-order valence-electron chi connectivity index (χ4n) is 6.74. The summed E-state index contributed by atoms with van der Waals surface area (Å²) in [7, 11) is 0. The van der Waals surface area contributed by atoms with Gasteiger partial charge in [-0.25, -0.2) is 0 Å². The smallest absolute Gasteiger partial charge is 0.254 e. The quantitative estimate of drug-likeness (QED) is 0.397. The Labute approximate surface area is 231 Å². The summed E-state index contributed by atoms with van der Waals surface area (Å²) in [5, 5.41) is 3.21. The lowest BCUT2D eigenvalue weighted by Gasteiger charge is -2.36. The maximum absolute atomic E-state index is 13.8. The van der Waals surface area contributed by atoms with Gasteiger partial charge < -0.3 is 10.2 Å². The van der Waals surface area contributed by atoms with Crippen LogP contribution in [0.1, 0.15) is 59.7 Å². The van der Waals surface area contributed by atoms with Crippen molar-refractivity contribution in [1.82, 2.24) is 15.1 Å². The zero-order valence-corrected chi connectivity index (χ0v) is 22.7. The highest BCUT2D eigenvalue weighted by Gasteiger charge is 2.48. The maximum atomic E-state index is 13.8. The fourth-order valence-corrected chi connectivity index (χ4v) is 6.74. The highest BCUT2D eigenvalue weighted by atomic mass is 16.2. The fraction of sp³-hybridized carbons (Fsp3) is 0.353. The van der Waals surface area contributed by atoms with Crippen LogP contribution in [0.15, 0.2) is 84.9 Å². The number of carbonyl (C=O) groups excluding carboxylic acids is 2. The van der Waals surface area contributed by atoms with Crippen molar-refractivity contribution in [3.05, 3.63) is 107 Å². The number of amides is 2. The van der Waals surface area contributed by atoms with Crippen LogP contribution < -0.4 is 5.32 Å². The number of nitrogens with one attached hydrogen (secondary N) is 1. The largest absolute Gasteiger partial charge is 0.355 e. The van der Waals surface area contributed by atoms with Gasteiger partial charge in [-0.3, -0.25) is 14.5 Å². The summed E-state index contributed by atoms with van der Waals surface area (Å²) in [6, 6.07) is 25.0. The minimum atomic E-state index is -0.711. The summed E-state index contributed by atoms with van der Waals surface area (Å²) in [6.45, 7) is 6.31. The molecule has 0 spiro atoms. The molecule has 1 saturated heterocycles. The number of fused-ring (bicyclic) bond motifs is 4. The van der Waals surface area contributed by atoms with Gasteiger partial charge in [-0.15, -0.1) is 0 Å². The molecule has 3 aromatic rings. The number of rotatable bonds is 8. The third-order valence-electron chi connectivity index (χ3n) is 8.79. The normalized spacial score (nSPS) is 18.3. The van der Waals surface area contributed by atoms with Gasteiger partial charge in [-0.1, -0.05) is 85.8 Å². The van der Waals surface area contributed by atoms with Crippen molar-refractivity contribution in [1.29, 1.82) is 0 Å². The zero-order chi connectivity index (χ0) is 26.8. The molecule has 2 aliphatic heterocycles. The van der Waals surface area contributed by atoms with Crippen LogP contribution in [-0.4, -0.2) is 53.8 Å². The van der Waals surface area contributed by atoms with Crippen LogP contribution in [0, 0.1) is 0 Å². The van der Waals surface area contributed by atoms with Gasteiger partial charge in [0.25, 0.3) is 5.91 Å². The molecule has 0 saturated carbocycles. The van der Waals surface area contributed by atoms with Gasteiger partial charge in [0.2, 0.25) is 5.91 Å². The molecule has 2 amide bonds. The lowest BCUT2D eigenvalue weighted by Crippen LogP contribution is -2.45. The first-order valence-electron chi connectivity index (χ1n) is 14.4. The van der Waals surface area contributed by atoms with E-state index in [0.29, 0.717) is 19.0 Å². The van der Waals surface area contributed by atoms with E-state index >= 15 is 0 Å². The molecule has 3 aromatic carbocycles. The third kappa shape index (κ3) is 4.49. The van der Waals surface area contributed by atoms with E-state index in [9.17, 15) is 9.59 Å². The average molecular weight is 520 g/mol. The number of likely N-dealkylation sites (tertiary alicyclic amines) is 1. The molecule has 0 radical (unpaired) electrons.